The summed E-state index contributed by atoms with van der Waals surface area (Å²) in [4.78, 5) is 11.4. The van der Waals surface area contributed by atoms with E-state index in [1.54, 1.807) is 6.20 Å². The van der Waals surface area contributed by atoms with Gasteiger partial charge in [-0.2, -0.15) is 0 Å². The van der Waals surface area contributed by atoms with Crippen LogP contribution in [0.25, 0.3) is 27.3 Å². The number of hydrogen-bond acceptors (Lipinski definition) is 5. The average molecular weight is 321 g/mol. The summed E-state index contributed by atoms with van der Waals surface area (Å²) in [5.74, 6) is 1.56. The highest BCUT2D eigenvalue weighted by atomic mass is 32.1. The van der Waals surface area contributed by atoms with E-state index in [1.165, 1.54) is 22.2 Å². The van der Waals surface area contributed by atoms with Crippen LogP contribution in [0, 0.1) is 5.92 Å². The lowest BCUT2D eigenvalue weighted by atomic mass is 9.89. The number of pyridine rings is 1. The van der Waals surface area contributed by atoms with E-state index in [-0.39, 0.29) is 0 Å². The van der Waals surface area contributed by atoms with Gasteiger partial charge in [0.2, 0.25) is 0 Å². The predicted molar refractivity (Wildman–Crippen MR) is 90.6 cm³/mol. The molecule has 114 valence electrons. The van der Waals surface area contributed by atoms with E-state index >= 15 is 0 Å². The highest BCUT2D eigenvalue weighted by molar-refractivity contribution is 7.19. The second-order valence-electron chi connectivity index (χ2n) is 6.24. The summed E-state index contributed by atoms with van der Waals surface area (Å²) < 4.78 is 1.99. The molecule has 0 saturated carbocycles. The summed E-state index contributed by atoms with van der Waals surface area (Å²) in [6.07, 6.45) is 8.93. The fourth-order valence-corrected chi connectivity index (χ4v) is 4.78. The van der Waals surface area contributed by atoms with Crippen LogP contribution in [0.4, 0.5) is 0 Å². The van der Waals surface area contributed by atoms with Gasteiger partial charge in [-0.3, -0.25) is 9.38 Å². The summed E-state index contributed by atoms with van der Waals surface area (Å²) in [6.45, 7) is 2.33. The van der Waals surface area contributed by atoms with Crippen LogP contribution in [0.3, 0.4) is 0 Å². The fourth-order valence-electron chi connectivity index (χ4n) is 3.43. The molecule has 4 aromatic heterocycles. The topological polar surface area (TPSA) is 56.0 Å². The number of aryl methyl sites for hydroxylation is 1. The summed E-state index contributed by atoms with van der Waals surface area (Å²) in [7, 11) is 0. The molecule has 4 aromatic rings. The van der Waals surface area contributed by atoms with E-state index in [4.69, 9.17) is 0 Å². The first-order chi connectivity index (χ1) is 11.3. The van der Waals surface area contributed by atoms with Gasteiger partial charge in [0.05, 0.1) is 5.39 Å². The second kappa shape index (κ2) is 4.83. The molecule has 23 heavy (non-hydrogen) atoms. The minimum absolute atomic E-state index is 0.760. The van der Waals surface area contributed by atoms with E-state index in [2.05, 4.69) is 27.1 Å². The summed E-state index contributed by atoms with van der Waals surface area (Å²) >= 11 is 1.82. The molecule has 1 atom stereocenters. The van der Waals surface area contributed by atoms with Crippen molar-refractivity contribution in [2.45, 2.75) is 26.2 Å². The molecule has 0 spiro atoms. The van der Waals surface area contributed by atoms with Gasteiger partial charge in [0.1, 0.15) is 11.2 Å². The Morgan fingerprint density at radius 3 is 3.13 bits per heavy atom. The maximum atomic E-state index is 4.68. The minimum atomic E-state index is 0.760. The average Bonchev–Trinajstić information content (AvgIpc) is 3.15. The monoisotopic (exact) mass is 321 g/mol. The van der Waals surface area contributed by atoms with Crippen LogP contribution in [0.5, 0.6) is 0 Å². The molecule has 6 heteroatoms. The van der Waals surface area contributed by atoms with Gasteiger partial charge in [0.25, 0.3) is 0 Å². The van der Waals surface area contributed by atoms with Crippen molar-refractivity contribution in [3.63, 3.8) is 0 Å². The van der Waals surface area contributed by atoms with Crippen LogP contribution in [0.2, 0.25) is 0 Å². The molecule has 5 rings (SSSR count). The zero-order valence-corrected chi connectivity index (χ0v) is 13.5. The standard InChI is InChI=1S/C17H15N5S/c1-10-4-5-12-13(7-10)23-17-14(12)16-21-20-15(22(16)9-19-17)11-3-2-6-18-8-11/h2-3,6,8-10H,4-5,7H2,1H3/t10-/m1/s1. The van der Waals surface area contributed by atoms with E-state index in [1.807, 2.05) is 40.4 Å². The molecule has 0 aliphatic heterocycles. The molecule has 0 fully saturated rings. The normalized spacial score (nSPS) is 17.7. The Bertz CT molecular complexity index is 1020. The molecule has 4 heterocycles. The van der Waals surface area contributed by atoms with Crippen molar-refractivity contribution in [2.24, 2.45) is 5.92 Å². The summed E-state index contributed by atoms with van der Waals surface area (Å²) in [6, 6.07) is 3.91. The Kier molecular flexibility index (Phi) is 2.76. The molecule has 0 unspecified atom stereocenters. The first-order valence-corrected chi connectivity index (χ1v) is 8.67. The molecule has 1 aliphatic carbocycles. The maximum Gasteiger partial charge on any atom is 0.172 e. The third-order valence-electron chi connectivity index (χ3n) is 4.62. The molecule has 5 nitrogen and oxygen atoms in total. The molecular weight excluding hydrogens is 306 g/mol. The first-order valence-electron chi connectivity index (χ1n) is 7.85. The van der Waals surface area contributed by atoms with Gasteiger partial charge in [-0.1, -0.05) is 6.92 Å². The summed E-state index contributed by atoms with van der Waals surface area (Å²) in [5, 5.41) is 10.1. The van der Waals surface area contributed by atoms with E-state index in [0.717, 1.165) is 40.6 Å². The van der Waals surface area contributed by atoms with Crippen LogP contribution in [-0.4, -0.2) is 24.6 Å². The number of nitrogens with zero attached hydrogens (tertiary/aromatic N) is 5. The Balaban J connectivity index is 1.80. The highest BCUT2D eigenvalue weighted by Crippen LogP contribution is 2.39. The van der Waals surface area contributed by atoms with Crippen molar-refractivity contribution in [1.29, 1.82) is 0 Å². The highest BCUT2D eigenvalue weighted by Gasteiger charge is 2.23. The molecule has 0 radical (unpaired) electrons. The molecule has 0 bridgehead atoms. The molecule has 0 amide bonds. The fraction of sp³-hybridized carbons (Fsp3) is 0.294. The van der Waals surface area contributed by atoms with Crippen molar-refractivity contribution < 1.29 is 0 Å². The van der Waals surface area contributed by atoms with Gasteiger partial charge in [-0.05, 0) is 42.9 Å². The molecular formula is C17H15N5S. The maximum absolute atomic E-state index is 4.68. The molecule has 1 aliphatic rings. The van der Waals surface area contributed by atoms with Crippen LogP contribution in [0.1, 0.15) is 23.8 Å². The molecule has 0 N–H and O–H groups in total. The van der Waals surface area contributed by atoms with E-state index < -0.39 is 0 Å². The third kappa shape index (κ3) is 1.91. The molecule has 0 aromatic carbocycles. The van der Waals surface area contributed by atoms with Gasteiger partial charge in [0, 0.05) is 22.8 Å². The number of fused-ring (bicyclic) bond motifs is 5. The zero-order valence-electron chi connectivity index (χ0n) is 12.7. The quantitative estimate of drug-likeness (QED) is 0.538. The SMILES string of the molecule is C[C@@H]1CCc2c(sc3ncn4c(-c5cccnc5)nnc4c23)C1. The third-order valence-corrected chi connectivity index (χ3v) is 5.79. The van der Waals surface area contributed by atoms with E-state index in [9.17, 15) is 0 Å². The van der Waals surface area contributed by atoms with Crippen LogP contribution >= 0.6 is 11.3 Å². The lowest BCUT2D eigenvalue weighted by Gasteiger charge is -2.17. The van der Waals surface area contributed by atoms with Crippen molar-refractivity contribution in [3.05, 3.63) is 41.3 Å². The van der Waals surface area contributed by atoms with Gasteiger partial charge in [0.15, 0.2) is 11.5 Å². The lowest BCUT2D eigenvalue weighted by Crippen LogP contribution is -2.08. The largest absolute Gasteiger partial charge is 0.265 e. The molecule has 0 saturated heterocycles. The van der Waals surface area contributed by atoms with E-state index in [0.29, 0.717) is 0 Å². The number of hydrogen-bond donors (Lipinski definition) is 0. The Morgan fingerprint density at radius 2 is 2.26 bits per heavy atom. The van der Waals surface area contributed by atoms with Gasteiger partial charge >= 0.3 is 0 Å². The van der Waals surface area contributed by atoms with Gasteiger partial charge in [-0.25, -0.2) is 4.98 Å². The van der Waals surface area contributed by atoms with Crippen molar-refractivity contribution in [3.8, 4) is 11.4 Å². The van der Waals surface area contributed by atoms with Crippen LogP contribution in [-0.2, 0) is 12.8 Å². The number of thiophene rings is 1. The Hall–Kier alpha value is -2.34. The van der Waals surface area contributed by atoms with Crippen molar-refractivity contribution in [2.75, 3.05) is 0 Å². The van der Waals surface area contributed by atoms with Gasteiger partial charge < -0.3 is 0 Å². The zero-order chi connectivity index (χ0) is 15.4. The van der Waals surface area contributed by atoms with Crippen LogP contribution < -0.4 is 0 Å². The smallest absolute Gasteiger partial charge is 0.172 e. The number of rotatable bonds is 1. The van der Waals surface area contributed by atoms with Crippen LogP contribution in [0.15, 0.2) is 30.9 Å². The number of aromatic nitrogens is 5. The predicted octanol–water partition coefficient (Wildman–Crippen LogP) is 3.53. The Morgan fingerprint density at radius 1 is 1.30 bits per heavy atom. The van der Waals surface area contributed by atoms with Crippen molar-refractivity contribution in [1.82, 2.24) is 24.6 Å². The summed E-state index contributed by atoms with van der Waals surface area (Å²) in [5.41, 5.74) is 3.31. The lowest BCUT2D eigenvalue weighted by molar-refractivity contribution is 0.509. The van der Waals surface area contributed by atoms with Crippen molar-refractivity contribution >= 4 is 27.2 Å². The van der Waals surface area contributed by atoms with Gasteiger partial charge in [-0.15, -0.1) is 21.5 Å². The second-order valence-corrected chi connectivity index (χ2v) is 7.32. The minimum Gasteiger partial charge on any atom is -0.265 e. The first kappa shape index (κ1) is 13.1. The Labute approximate surface area is 137 Å².